The van der Waals surface area contributed by atoms with Gasteiger partial charge in [0, 0.05) is 26.7 Å². The van der Waals surface area contributed by atoms with Crippen LogP contribution in [0.15, 0.2) is 0 Å². The molecule has 1 saturated heterocycles. The number of hydrogen-bond acceptors (Lipinski definition) is 7. The van der Waals surface area contributed by atoms with Gasteiger partial charge in [-0.2, -0.15) is 0 Å². The lowest BCUT2D eigenvalue weighted by molar-refractivity contribution is -0.272. The van der Waals surface area contributed by atoms with Crippen molar-refractivity contribution in [3.63, 3.8) is 0 Å². The average Bonchev–Trinajstić information content (AvgIpc) is 2.35. The van der Waals surface area contributed by atoms with Gasteiger partial charge in [-0.3, -0.25) is 14.4 Å². The van der Waals surface area contributed by atoms with E-state index in [1.165, 1.54) is 20.8 Å². The van der Waals surface area contributed by atoms with E-state index in [9.17, 15) is 14.4 Å². The molecule has 1 fully saturated rings. The molecule has 1 rings (SSSR count). The second-order valence-corrected chi connectivity index (χ2v) is 4.71. The lowest BCUT2D eigenvalue weighted by atomic mass is 9.90. The van der Waals surface area contributed by atoms with E-state index in [0.29, 0.717) is 0 Å². The lowest BCUT2D eigenvalue weighted by Gasteiger charge is -2.41. The maximum Gasteiger partial charge on any atom is 0.305 e. The van der Waals surface area contributed by atoms with Gasteiger partial charge in [0.05, 0.1) is 0 Å². The molecule has 1 aliphatic heterocycles. The van der Waals surface area contributed by atoms with Crippen LogP contribution in [0, 0.1) is 18.3 Å². The van der Waals surface area contributed by atoms with Gasteiger partial charge in [-0.15, -0.1) is 6.42 Å². The van der Waals surface area contributed by atoms with Gasteiger partial charge in [-0.1, -0.05) is 12.8 Å². The molecule has 0 aliphatic carbocycles. The number of rotatable bonds is 3. The van der Waals surface area contributed by atoms with Crippen molar-refractivity contribution in [1.29, 1.82) is 0 Å². The number of carbonyl (C=O) groups is 3. The summed E-state index contributed by atoms with van der Waals surface area (Å²) < 4.78 is 20.7. The fraction of sp³-hybridized carbons (Fsp3) is 0.643. The fourth-order valence-corrected chi connectivity index (χ4v) is 2.10. The minimum Gasteiger partial charge on any atom is -0.458 e. The zero-order valence-corrected chi connectivity index (χ0v) is 12.3. The summed E-state index contributed by atoms with van der Waals surface area (Å²) in [7, 11) is 0. The smallest absolute Gasteiger partial charge is 0.305 e. The number of hydrogen-bond donors (Lipinski definition) is 0. The molecule has 0 saturated carbocycles. The highest BCUT2D eigenvalue weighted by atomic mass is 16.7. The van der Waals surface area contributed by atoms with Crippen LogP contribution < -0.4 is 0 Å². The first-order valence-electron chi connectivity index (χ1n) is 6.39. The van der Waals surface area contributed by atoms with E-state index in [1.807, 2.05) is 0 Å². The Labute approximate surface area is 122 Å². The van der Waals surface area contributed by atoms with E-state index >= 15 is 0 Å². The first-order chi connectivity index (χ1) is 9.76. The lowest BCUT2D eigenvalue weighted by Crippen LogP contribution is -2.57. The Kier molecular flexibility index (Phi) is 5.73. The third-order valence-corrected chi connectivity index (χ3v) is 2.92. The van der Waals surface area contributed by atoms with Crippen LogP contribution in [0.4, 0.5) is 0 Å². The van der Waals surface area contributed by atoms with Crippen LogP contribution in [0.1, 0.15) is 27.7 Å². The molecule has 0 N–H and O–H groups in total. The molecule has 1 aliphatic rings. The van der Waals surface area contributed by atoms with Gasteiger partial charge in [-0.05, 0) is 0 Å². The summed E-state index contributed by atoms with van der Waals surface area (Å²) in [5.41, 5.74) is 0. The molecule has 7 nitrogen and oxygen atoms in total. The van der Waals surface area contributed by atoms with Crippen molar-refractivity contribution in [2.45, 2.75) is 52.3 Å². The maximum atomic E-state index is 11.2. The van der Waals surface area contributed by atoms with E-state index in [1.54, 1.807) is 6.92 Å². The molecule has 116 valence electrons. The Morgan fingerprint density at radius 3 is 1.86 bits per heavy atom. The monoisotopic (exact) mass is 298 g/mol. The minimum absolute atomic E-state index is 0.435. The van der Waals surface area contributed by atoms with Crippen LogP contribution in [-0.2, 0) is 33.3 Å². The van der Waals surface area contributed by atoms with Crippen molar-refractivity contribution in [2.75, 3.05) is 0 Å². The number of carbonyl (C=O) groups excluding carboxylic acids is 3. The first-order valence-corrected chi connectivity index (χ1v) is 6.39. The van der Waals surface area contributed by atoms with Crippen LogP contribution in [0.2, 0.25) is 0 Å². The zero-order chi connectivity index (χ0) is 16.2. The van der Waals surface area contributed by atoms with Crippen LogP contribution in [0.3, 0.4) is 0 Å². The summed E-state index contributed by atoms with van der Waals surface area (Å²) >= 11 is 0. The van der Waals surface area contributed by atoms with Gasteiger partial charge in [0.1, 0.15) is 6.10 Å². The summed E-state index contributed by atoms with van der Waals surface area (Å²) in [6, 6.07) is 0. The number of ether oxygens (including phenoxy) is 4. The standard InChI is InChI=1S/C14H18O7/c1-6-11-7(2)12(18-8(3)15)13(19-9(4)16)14(21-11)20-10(5)17/h1,7,11-14H,2-5H3/t7-,11+,12-,13+,14?/m1/s1. The fourth-order valence-electron chi connectivity index (χ4n) is 2.10. The van der Waals surface area contributed by atoms with Crippen LogP contribution in [0.25, 0.3) is 0 Å². The summed E-state index contributed by atoms with van der Waals surface area (Å²) in [4.78, 5) is 33.6. The molecule has 21 heavy (non-hydrogen) atoms. The maximum absolute atomic E-state index is 11.2. The van der Waals surface area contributed by atoms with Crippen molar-refractivity contribution in [1.82, 2.24) is 0 Å². The van der Waals surface area contributed by atoms with Crippen LogP contribution in [0.5, 0.6) is 0 Å². The molecule has 0 aromatic carbocycles. The van der Waals surface area contributed by atoms with Gasteiger partial charge in [0.2, 0.25) is 12.4 Å². The van der Waals surface area contributed by atoms with Crippen molar-refractivity contribution in [3.8, 4) is 12.3 Å². The Bertz CT molecular complexity index is 464. The topological polar surface area (TPSA) is 88.1 Å². The molecule has 0 radical (unpaired) electrons. The first kappa shape index (κ1) is 17.0. The second kappa shape index (κ2) is 7.09. The van der Waals surface area contributed by atoms with Crippen molar-refractivity contribution >= 4 is 17.9 Å². The van der Waals surface area contributed by atoms with E-state index in [4.69, 9.17) is 25.4 Å². The van der Waals surface area contributed by atoms with Crippen molar-refractivity contribution < 1.29 is 33.3 Å². The molecule has 0 spiro atoms. The molecule has 1 heterocycles. The molecule has 5 atom stereocenters. The van der Waals surface area contributed by atoms with Gasteiger partial charge in [0.15, 0.2) is 6.10 Å². The average molecular weight is 298 g/mol. The zero-order valence-electron chi connectivity index (χ0n) is 12.3. The van der Waals surface area contributed by atoms with Crippen LogP contribution >= 0.6 is 0 Å². The molecule has 1 unspecified atom stereocenters. The largest absolute Gasteiger partial charge is 0.458 e. The molecule has 0 aromatic heterocycles. The van der Waals surface area contributed by atoms with Crippen molar-refractivity contribution in [2.24, 2.45) is 5.92 Å². The molecule has 0 aromatic rings. The van der Waals surface area contributed by atoms with Gasteiger partial charge >= 0.3 is 17.9 Å². The SMILES string of the molecule is C#C[C@@H]1OC(OC(C)=O)[C@@H](OC(C)=O)[C@H](OC(C)=O)[C@@H]1C. The Balaban J connectivity index is 3.09. The Morgan fingerprint density at radius 2 is 1.43 bits per heavy atom. The van der Waals surface area contributed by atoms with Crippen molar-refractivity contribution in [3.05, 3.63) is 0 Å². The number of terminal acetylenes is 1. The third-order valence-electron chi connectivity index (χ3n) is 2.92. The highest BCUT2D eigenvalue weighted by Crippen LogP contribution is 2.31. The number of esters is 3. The predicted molar refractivity (Wildman–Crippen MR) is 69.5 cm³/mol. The van der Waals surface area contributed by atoms with E-state index in [2.05, 4.69) is 5.92 Å². The predicted octanol–water partition coefficient (Wildman–Crippen LogP) is 0.407. The normalized spacial score (nSPS) is 31.7. The molecule has 0 amide bonds. The Morgan fingerprint density at radius 1 is 0.952 bits per heavy atom. The van der Waals surface area contributed by atoms with Gasteiger partial charge < -0.3 is 18.9 Å². The summed E-state index contributed by atoms with van der Waals surface area (Å²) in [5, 5.41) is 0. The molecular weight excluding hydrogens is 280 g/mol. The van der Waals surface area contributed by atoms with E-state index < -0.39 is 48.4 Å². The molecule has 7 heteroatoms. The highest BCUT2D eigenvalue weighted by Gasteiger charge is 2.49. The second-order valence-electron chi connectivity index (χ2n) is 4.71. The summed E-state index contributed by atoms with van der Waals surface area (Å²) in [6.45, 7) is 5.28. The molecular formula is C14H18O7. The molecule has 0 bridgehead atoms. The summed E-state index contributed by atoms with van der Waals surface area (Å²) in [5.74, 6) is 0.131. The quantitative estimate of drug-likeness (QED) is 0.423. The van der Waals surface area contributed by atoms with E-state index in [0.717, 1.165) is 0 Å². The van der Waals surface area contributed by atoms with Gasteiger partial charge in [-0.25, -0.2) is 0 Å². The van der Waals surface area contributed by atoms with E-state index in [-0.39, 0.29) is 0 Å². The minimum atomic E-state index is -1.23. The highest BCUT2D eigenvalue weighted by molar-refractivity contribution is 5.68. The third kappa shape index (κ3) is 4.46. The Hall–Kier alpha value is -2.07. The van der Waals surface area contributed by atoms with Crippen LogP contribution in [-0.4, -0.2) is 42.5 Å². The summed E-state index contributed by atoms with van der Waals surface area (Å²) in [6.07, 6.45) is 1.45. The van der Waals surface area contributed by atoms with Gasteiger partial charge in [0.25, 0.3) is 0 Å².